The van der Waals surface area contributed by atoms with Gasteiger partial charge in [-0.2, -0.15) is 13.2 Å². The molecule has 8 heteroatoms. The van der Waals surface area contributed by atoms with E-state index in [0.717, 1.165) is 12.1 Å². The SMILES string of the molecule is Cl.NC(CNC(=O)O)c1cccc(C(F)(F)F)c1. The summed E-state index contributed by atoms with van der Waals surface area (Å²) in [7, 11) is 0. The highest BCUT2D eigenvalue weighted by Gasteiger charge is 2.30. The van der Waals surface area contributed by atoms with Gasteiger partial charge >= 0.3 is 12.3 Å². The fourth-order valence-electron chi connectivity index (χ4n) is 1.26. The second kappa shape index (κ2) is 6.46. The fraction of sp³-hybridized carbons (Fsp3) is 0.300. The average molecular weight is 285 g/mol. The van der Waals surface area contributed by atoms with Gasteiger partial charge in [0.25, 0.3) is 0 Å². The van der Waals surface area contributed by atoms with E-state index >= 15 is 0 Å². The Labute approximate surface area is 107 Å². The van der Waals surface area contributed by atoms with Crippen LogP contribution in [0.4, 0.5) is 18.0 Å². The number of benzene rings is 1. The van der Waals surface area contributed by atoms with Crippen molar-refractivity contribution in [2.75, 3.05) is 6.54 Å². The summed E-state index contributed by atoms with van der Waals surface area (Å²) >= 11 is 0. The lowest BCUT2D eigenvalue weighted by Gasteiger charge is -2.14. The van der Waals surface area contributed by atoms with Crippen LogP contribution in [0.25, 0.3) is 0 Å². The molecule has 0 radical (unpaired) electrons. The summed E-state index contributed by atoms with van der Waals surface area (Å²) in [6, 6.07) is 3.69. The molecule has 0 aliphatic carbocycles. The minimum atomic E-state index is -4.43. The molecule has 18 heavy (non-hydrogen) atoms. The highest BCUT2D eigenvalue weighted by molar-refractivity contribution is 5.85. The van der Waals surface area contributed by atoms with E-state index in [-0.39, 0.29) is 24.5 Å². The van der Waals surface area contributed by atoms with E-state index in [2.05, 4.69) is 0 Å². The normalized spacial score (nSPS) is 12.4. The largest absolute Gasteiger partial charge is 0.465 e. The first kappa shape index (κ1) is 16.5. The lowest BCUT2D eigenvalue weighted by molar-refractivity contribution is -0.137. The minimum absolute atomic E-state index is 0. The number of halogens is 4. The first-order valence-electron chi connectivity index (χ1n) is 4.70. The van der Waals surface area contributed by atoms with Crippen molar-refractivity contribution in [2.24, 2.45) is 5.73 Å². The predicted octanol–water partition coefficient (Wildman–Crippen LogP) is 2.39. The van der Waals surface area contributed by atoms with Crippen LogP contribution in [0.3, 0.4) is 0 Å². The van der Waals surface area contributed by atoms with Crippen molar-refractivity contribution < 1.29 is 23.1 Å². The van der Waals surface area contributed by atoms with Crippen LogP contribution in [0.2, 0.25) is 0 Å². The van der Waals surface area contributed by atoms with Crippen molar-refractivity contribution in [3.63, 3.8) is 0 Å². The monoisotopic (exact) mass is 284 g/mol. The number of nitrogens with one attached hydrogen (secondary N) is 1. The Hall–Kier alpha value is -1.47. The zero-order valence-corrected chi connectivity index (χ0v) is 9.89. The summed E-state index contributed by atoms with van der Waals surface area (Å²) < 4.78 is 37.2. The summed E-state index contributed by atoms with van der Waals surface area (Å²) in [5.41, 5.74) is 4.99. The smallest absolute Gasteiger partial charge is 0.416 e. The van der Waals surface area contributed by atoms with Crippen LogP contribution >= 0.6 is 12.4 Å². The third-order valence-corrected chi connectivity index (χ3v) is 2.12. The Balaban J connectivity index is 0.00000289. The molecular formula is C10H12ClF3N2O2. The number of alkyl halides is 3. The third-order valence-electron chi connectivity index (χ3n) is 2.12. The van der Waals surface area contributed by atoms with E-state index in [1.54, 1.807) is 0 Å². The second-order valence-corrected chi connectivity index (χ2v) is 3.42. The van der Waals surface area contributed by atoms with Gasteiger partial charge in [0.1, 0.15) is 0 Å². The predicted molar refractivity (Wildman–Crippen MR) is 61.6 cm³/mol. The van der Waals surface area contributed by atoms with Crippen LogP contribution in [-0.2, 0) is 6.18 Å². The van der Waals surface area contributed by atoms with Gasteiger partial charge in [0.15, 0.2) is 0 Å². The lowest BCUT2D eigenvalue weighted by atomic mass is 10.0. The molecule has 0 aromatic heterocycles. The molecule has 4 N–H and O–H groups in total. The summed E-state index contributed by atoms with van der Waals surface area (Å²) in [5.74, 6) is 0. The molecule has 1 rings (SSSR count). The molecule has 0 spiro atoms. The molecule has 0 fully saturated rings. The van der Waals surface area contributed by atoms with E-state index in [1.165, 1.54) is 12.1 Å². The Morgan fingerprint density at radius 3 is 2.56 bits per heavy atom. The van der Waals surface area contributed by atoms with Crippen LogP contribution in [0.5, 0.6) is 0 Å². The van der Waals surface area contributed by atoms with Crippen molar-refractivity contribution >= 4 is 18.5 Å². The Morgan fingerprint density at radius 2 is 2.06 bits per heavy atom. The number of rotatable bonds is 3. The molecule has 0 aliphatic rings. The molecule has 0 aliphatic heterocycles. The second-order valence-electron chi connectivity index (χ2n) is 3.42. The van der Waals surface area contributed by atoms with Crippen molar-refractivity contribution in [1.82, 2.24) is 5.32 Å². The molecule has 1 amide bonds. The van der Waals surface area contributed by atoms with E-state index < -0.39 is 23.9 Å². The molecule has 4 nitrogen and oxygen atoms in total. The van der Waals surface area contributed by atoms with E-state index in [0.29, 0.717) is 0 Å². The molecule has 1 atom stereocenters. The topological polar surface area (TPSA) is 75.3 Å². The molecule has 0 saturated heterocycles. The Bertz CT molecular complexity index is 412. The number of hydrogen-bond donors (Lipinski definition) is 3. The summed E-state index contributed by atoms with van der Waals surface area (Å²) in [6.45, 7) is -0.142. The molecule has 0 saturated carbocycles. The first-order valence-corrected chi connectivity index (χ1v) is 4.70. The van der Waals surface area contributed by atoms with Gasteiger partial charge in [-0.15, -0.1) is 12.4 Å². The van der Waals surface area contributed by atoms with Crippen LogP contribution < -0.4 is 11.1 Å². The molecule has 102 valence electrons. The van der Waals surface area contributed by atoms with Gasteiger partial charge in [0.05, 0.1) is 5.56 Å². The number of nitrogens with two attached hydrogens (primary N) is 1. The number of amides is 1. The van der Waals surface area contributed by atoms with Gasteiger partial charge in [-0.05, 0) is 17.7 Å². The van der Waals surface area contributed by atoms with Crippen molar-refractivity contribution in [3.8, 4) is 0 Å². The number of carboxylic acid groups (broad SMARTS) is 1. The quantitative estimate of drug-likeness (QED) is 0.798. The third kappa shape index (κ3) is 4.80. The maximum atomic E-state index is 12.4. The highest BCUT2D eigenvalue weighted by atomic mass is 35.5. The first-order chi connectivity index (χ1) is 7.80. The molecule has 0 bridgehead atoms. The van der Waals surface area contributed by atoms with Crippen LogP contribution in [0.1, 0.15) is 17.2 Å². The number of hydrogen-bond acceptors (Lipinski definition) is 2. The zero-order chi connectivity index (χ0) is 13.1. The van der Waals surface area contributed by atoms with E-state index in [4.69, 9.17) is 10.8 Å². The molecule has 1 aromatic carbocycles. The molecular weight excluding hydrogens is 273 g/mol. The van der Waals surface area contributed by atoms with Gasteiger partial charge < -0.3 is 16.2 Å². The molecule has 0 heterocycles. The minimum Gasteiger partial charge on any atom is -0.465 e. The van der Waals surface area contributed by atoms with Crippen molar-refractivity contribution in [1.29, 1.82) is 0 Å². The van der Waals surface area contributed by atoms with Crippen molar-refractivity contribution in [2.45, 2.75) is 12.2 Å². The summed E-state index contributed by atoms with van der Waals surface area (Å²) in [4.78, 5) is 10.2. The number of carbonyl (C=O) groups is 1. The molecule has 1 unspecified atom stereocenters. The van der Waals surface area contributed by atoms with Gasteiger partial charge in [-0.3, -0.25) is 0 Å². The van der Waals surface area contributed by atoms with Gasteiger partial charge in [-0.1, -0.05) is 12.1 Å². The maximum absolute atomic E-state index is 12.4. The standard InChI is InChI=1S/C10H11F3N2O2.ClH/c11-10(12,13)7-3-1-2-6(4-7)8(14)5-15-9(16)17;/h1-4,8,15H,5,14H2,(H,16,17);1H. The van der Waals surface area contributed by atoms with Gasteiger partial charge in [0, 0.05) is 12.6 Å². The fourth-order valence-corrected chi connectivity index (χ4v) is 1.26. The van der Waals surface area contributed by atoms with Gasteiger partial charge in [0.2, 0.25) is 0 Å². The highest BCUT2D eigenvalue weighted by Crippen LogP contribution is 2.30. The zero-order valence-electron chi connectivity index (χ0n) is 9.07. The average Bonchev–Trinajstić information content (AvgIpc) is 2.25. The lowest BCUT2D eigenvalue weighted by Crippen LogP contribution is -2.30. The summed E-state index contributed by atoms with van der Waals surface area (Å²) in [6.07, 6.45) is -5.71. The maximum Gasteiger partial charge on any atom is 0.416 e. The Kier molecular flexibility index (Phi) is 5.93. The Morgan fingerprint density at radius 1 is 1.44 bits per heavy atom. The van der Waals surface area contributed by atoms with E-state index in [1.807, 2.05) is 5.32 Å². The van der Waals surface area contributed by atoms with Gasteiger partial charge in [-0.25, -0.2) is 4.79 Å². The van der Waals surface area contributed by atoms with Crippen molar-refractivity contribution in [3.05, 3.63) is 35.4 Å². The van der Waals surface area contributed by atoms with E-state index in [9.17, 15) is 18.0 Å². The van der Waals surface area contributed by atoms with Crippen LogP contribution in [-0.4, -0.2) is 17.7 Å². The van der Waals surface area contributed by atoms with Crippen LogP contribution in [0, 0.1) is 0 Å². The summed E-state index contributed by atoms with van der Waals surface area (Å²) in [5, 5.41) is 10.4. The van der Waals surface area contributed by atoms with Crippen LogP contribution in [0.15, 0.2) is 24.3 Å². The molecule has 1 aromatic rings.